The van der Waals surface area contributed by atoms with Gasteiger partial charge in [0.1, 0.15) is 0 Å². The molecule has 142 valence electrons. The first kappa shape index (κ1) is 20.5. The van der Waals surface area contributed by atoms with Crippen molar-refractivity contribution in [3.8, 4) is 10.7 Å². The summed E-state index contributed by atoms with van der Waals surface area (Å²) in [7, 11) is 0. The van der Waals surface area contributed by atoms with Gasteiger partial charge in [0.25, 0.3) is 0 Å². The molecule has 0 aliphatic carbocycles. The highest BCUT2D eigenvalue weighted by Gasteiger charge is 2.22. The van der Waals surface area contributed by atoms with E-state index in [-0.39, 0.29) is 16.0 Å². The van der Waals surface area contributed by atoms with Gasteiger partial charge in [-0.05, 0) is 37.4 Å². The van der Waals surface area contributed by atoms with E-state index in [4.69, 9.17) is 34.8 Å². The number of thiophene rings is 1. The average molecular weight is 462 g/mol. The summed E-state index contributed by atoms with van der Waals surface area (Å²) in [5.41, 5.74) is 0.344. The normalized spacial score (nSPS) is 12.2. The zero-order valence-electron chi connectivity index (χ0n) is 14.4. The van der Waals surface area contributed by atoms with E-state index in [1.807, 2.05) is 29.0 Å². The largest absolute Gasteiger partial charge is 0.323 e. The molecule has 27 heavy (non-hydrogen) atoms. The van der Waals surface area contributed by atoms with Crippen LogP contribution in [0.1, 0.15) is 13.8 Å². The fourth-order valence-electron chi connectivity index (χ4n) is 2.35. The Hall–Kier alpha value is -1.25. The number of rotatable bonds is 6. The highest BCUT2D eigenvalue weighted by Crippen LogP contribution is 2.35. The number of carbonyl (C=O) groups excluding carboxylic acids is 1. The summed E-state index contributed by atoms with van der Waals surface area (Å²) >= 11 is 21.1. The van der Waals surface area contributed by atoms with Crippen molar-refractivity contribution < 1.29 is 4.79 Å². The molecule has 1 N–H and O–H groups in total. The molecule has 0 aliphatic rings. The number of halogens is 3. The standard InChI is InChI=1S/C17H15Cl3N4OS2/c1-3-24-15(13-5-4-6-26-13)22-23-17(24)27-9(2)16(25)21-14-11(19)7-10(18)8-12(14)20/h4-9H,3H2,1-2H3,(H,21,25). The molecule has 0 aliphatic heterocycles. The number of thioether (sulfide) groups is 1. The van der Waals surface area contributed by atoms with Crippen molar-refractivity contribution in [1.29, 1.82) is 0 Å². The number of hydrogen-bond acceptors (Lipinski definition) is 5. The zero-order valence-corrected chi connectivity index (χ0v) is 18.3. The van der Waals surface area contributed by atoms with Crippen LogP contribution < -0.4 is 5.32 Å². The second-order valence-electron chi connectivity index (χ2n) is 5.52. The van der Waals surface area contributed by atoms with E-state index >= 15 is 0 Å². The molecular weight excluding hydrogens is 447 g/mol. The van der Waals surface area contributed by atoms with Crippen molar-refractivity contribution in [3.63, 3.8) is 0 Å². The van der Waals surface area contributed by atoms with E-state index in [9.17, 15) is 4.79 Å². The van der Waals surface area contributed by atoms with Crippen molar-refractivity contribution in [3.05, 3.63) is 44.7 Å². The van der Waals surface area contributed by atoms with Gasteiger partial charge in [-0.15, -0.1) is 21.5 Å². The molecule has 0 radical (unpaired) electrons. The summed E-state index contributed by atoms with van der Waals surface area (Å²) in [4.78, 5) is 13.6. The summed E-state index contributed by atoms with van der Waals surface area (Å²) in [6.45, 7) is 4.51. The summed E-state index contributed by atoms with van der Waals surface area (Å²) in [5.74, 6) is 0.556. The van der Waals surface area contributed by atoms with E-state index < -0.39 is 5.25 Å². The number of hydrogen-bond donors (Lipinski definition) is 1. The number of anilines is 1. The van der Waals surface area contributed by atoms with Crippen molar-refractivity contribution in [2.24, 2.45) is 0 Å². The molecule has 0 bridgehead atoms. The second kappa shape index (κ2) is 8.84. The van der Waals surface area contributed by atoms with Gasteiger partial charge >= 0.3 is 0 Å². The Balaban J connectivity index is 1.76. The topological polar surface area (TPSA) is 59.8 Å². The van der Waals surface area contributed by atoms with Gasteiger partial charge in [-0.2, -0.15) is 0 Å². The second-order valence-corrected chi connectivity index (χ2v) is 9.03. The lowest BCUT2D eigenvalue weighted by molar-refractivity contribution is -0.115. The first-order valence-electron chi connectivity index (χ1n) is 7.99. The Bertz CT molecular complexity index is 936. The first-order chi connectivity index (χ1) is 12.9. The molecule has 3 aromatic rings. The van der Waals surface area contributed by atoms with Gasteiger partial charge in [0.05, 0.1) is 25.9 Å². The maximum Gasteiger partial charge on any atom is 0.237 e. The minimum absolute atomic E-state index is 0.241. The van der Waals surface area contributed by atoms with Gasteiger partial charge in [-0.3, -0.25) is 4.79 Å². The van der Waals surface area contributed by atoms with E-state index in [0.29, 0.717) is 22.4 Å². The monoisotopic (exact) mass is 460 g/mol. The van der Waals surface area contributed by atoms with Gasteiger partial charge in [0.2, 0.25) is 5.91 Å². The molecule has 0 fully saturated rings. The summed E-state index contributed by atoms with van der Waals surface area (Å²) in [6, 6.07) is 7.03. The third-order valence-electron chi connectivity index (χ3n) is 3.68. The maximum absolute atomic E-state index is 12.6. The number of benzene rings is 1. The van der Waals surface area contributed by atoms with E-state index in [1.54, 1.807) is 18.3 Å². The minimum atomic E-state index is -0.432. The van der Waals surface area contributed by atoms with E-state index in [1.165, 1.54) is 23.9 Å². The van der Waals surface area contributed by atoms with Crippen LogP contribution in [-0.2, 0) is 11.3 Å². The Morgan fingerprint density at radius 3 is 2.59 bits per heavy atom. The molecule has 5 nitrogen and oxygen atoms in total. The SMILES string of the molecule is CCn1c(SC(C)C(=O)Nc2c(Cl)cc(Cl)cc2Cl)nnc1-c1cccs1. The molecule has 1 aromatic carbocycles. The fraction of sp³-hybridized carbons (Fsp3) is 0.235. The third-order valence-corrected chi connectivity index (χ3v) is 6.44. The Labute approximate surface area is 180 Å². The van der Waals surface area contributed by atoms with Crippen LogP contribution in [0.4, 0.5) is 5.69 Å². The molecule has 1 amide bonds. The highest BCUT2D eigenvalue weighted by molar-refractivity contribution is 8.00. The van der Waals surface area contributed by atoms with Crippen LogP contribution in [0.25, 0.3) is 10.7 Å². The summed E-state index contributed by atoms with van der Waals surface area (Å²) < 4.78 is 1.99. The van der Waals surface area contributed by atoms with Crippen LogP contribution in [0.2, 0.25) is 15.1 Å². The van der Waals surface area contributed by atoms with Crippen LogP contribution >= 0.6 is 57.9 Å². The molecule has 10 heteroatoms. The third kappa shape index (κ3) is 4.60. The number of amides is 1. The van der Waals surface area contributed by atoms with Crippen molar-refractivity contribution in [1.82, 2.24) is 14.8 Å². The van der Waals surface area contributed by atoms with E-state index in [2.05, 4.69) is 15.5 Å². The molecule has 3 rings (SSSR count). The van der Waals surface area contributed by atoms with Crippen molar-refractivity contribution in [2.45, 2.75) is 30.8 Å². The smallest absolute Gasteiger partial charge is 0.237 e. The predicted molar refractivity (Wildman–Crippen MR) is 114 cm³/mol. The van der Waals surface area contributed by atoms with Gasteiger partial charge < -0.3 is 9.88 Å². The summed E-state index contributed by atoms with van der Waals surface area (Å²) in [6.07, 6.45) is 0. The molecule has 0 spiro atoms. The lowest BCUT2D eigenvalue weighted by atomic mass is 10.3. The number of aromatic nitrogens is 3. The van der Waals surface area contributed by atoms with Gasteiger partial charge in [0, 0.05) is 11.6 Å². The molecule has 0 saturated carbocycles. The first-order valence-corrected chi connectivity index (χ1v) is 10.9. The maximum atomic E-state index is 12.6. The van der Waals surface area contributed by atoms with Gasteiger partial charge in [0.15, 0.2) is 11.0 Å². The van der Waals surface area contributed by atoms with Crippen LogP contribution in [0, 0.1) is 0 Å². The lowest BCUT2D eigenvalue weighted by Crippen LogP contribution is -2.23. The van der Waals surface area contributed by atoms with Crippen LogP contribution in [-0.4, -0.2) is 25.9 Å². The summed E-state index contributed by atoms with van der Waals surface area (Å²) in [5, 5.41) is 14.5. The Morgan fingerprint density at radius 1 is 1.30 bits per heavy atom. The van der Waals surface area contributed by atoms with Gasteiger partial charge in [-0.25, -0.2) is 0 Å². The van der Waals surface area contributed by atoms with Crippen molar-refractivity contribution >= 4 is 69.5 Å². The molecule has 0 saturated heterocycles. The van der Waals surface area contributed by atoms with Crippen LogP contribution in [0.15, 0.2) is 34.8 Å². The van der Waals surface area contributed by atoms with Crippen LogP contribution in [0.5, 0.6) is 0 Å². The molecule has 1 atom stereocenters. The average Bonchev–Trinajstić information content (AvgIpc) is 3.26. The predicted octanol–water partition coefficient (Wildman–Crippen LogP) is 6.11. The minimum Gasteiger partial charge on any atom is -0.323 e. The lowest BCUT2D eigenvalue weighted by Gasteiger charge is -2.14. The fourth-order valence-corrected chi connectivity index (χ4v) is 4.89. The quantitative estimate of drug-likeness (QED) is 0.450. The Kier molecular flexibility index (Phi) is 6.70. The molecular formula is C17H15Cl3N4OS2. The molecule has 1 unspecified atom stereocenters. The van der Waals surface area contributed by atoms with Gasteiger partial charge in [-0.1, -0.05) is 52.6 Å². The number of nitrogens with zero attached hydrogens (tertiary/aromatic N) is 3. The molecule has 2 aromatic heterocycles. The highest BCUT2D eigenvalue weighted by atomic mass is 35.5. The van der Waals surface area contributed by atoms with Crippen molar-refractivity contribution in [2.75, 3.05) is 5.32 Å². The Morgan fingerprint density at radius 2 is 2.00 bits per heavy atom. The van der Waals surface area contributed by atoms with E-state index in [0.717, 1.165) is 10.7 Å². The van der Waals surface area contributed by atoms with Crippen LogP contribution in [0.3, 0.4) is 0 Å². The zero-order chi connectivity index (χ0) is 19.6. The number of nitrogens with one attached hydrogen (secondary N) is 1. The number of carbonyl (C=O) groups is 1. The molecule has 2 heterocycles.